The summed E-state index contributed by atoms with van der Waals surface area (Å²) in [5.41, 5.74) is 8.49. The van der Waals surface area contributed by atoms with E-state index in [9.17, 15) is 4.79 Å². The van der Waals surface area contributed by atoms with Gasteiger partial charge in [0.1, 0.15) is 24.1 Å². The maximum absolute atomic E-state index is 11.5. The number of hydrogen-bond donors (Lipinski definition) is 1. The van der Waals surface area contributed by atoms with E-state index in [-0.39, 0.29) is 0 Å². The minimum Gasteiger partial charge on any atom is -0.497 e. The van der Waals surface area contributed by atoms with E-state index in [1.807, 2.05) is 48.5 Å². The molecule has 0 aliphatic carbocycles. The highest BCUT2D eigenvalue weighted by molar-refractivity contribution is 8.01. The number of nitrogens with zero attached hydrogens (tertiary/aromatic N) is 1. The van der Waals surface area contributed by atoms with E-state index in [2.05, 4.69) is 0 Å². The SMILES string of the molecule is COc1ccc(-c2nc(SCCOC(=O)[C@H](C)N)sc2-c2ccc(OC)cc2)cc1. The molecule has 3 rings (SSSR count). The van der Waals surface area contributed by atoms with Crippen LogP contribution in [0, 0.1) is 0 Å². The predicted molar refractivity (Wildman–Crippen MR) is 121 cm³/mol. The number of hydrogen-bond acceptors (Lipinski definition) is 8. The van der Waals surface area contributed by atoms with Crippen molar-refractivity contribution in [3.63, 3.8) is 0 Å². The van der Waals surface area contributed by atoms with Gasteiger partial charge in [-0.15, -0.1) is 11.3 Å². The van der Waals surface area contributed by atoms with Gasteiger partial charge in [0.05, 0.1) is 24.8 Å². The lowest BCUT2D eigenvalue weighted by Crippen LogP contribution is -2.29. The van der Waals surface area contributed by atoms with Crippen LogP contribution >= 0.6 is 23.1 Å². The molecule has 8 heteroatoms. The van der Waals surface area contributed by atoms with Crippen LogP contribution in [0.25, 0.3) is 21.7 Å². The van der Waals surface area contributed by atoms with E-state index in [0.29, 0.717) is 12.4 Å². The fourth-order valence-corrected chi connectivity index (χ4v) is 4.71. The van der Waals surface area contributed by atoms with Gasteiger partial charge in [-0.25, -0.2) is 4.98 Å². The highest BCUT2D eigenvalue weighted by atomic mass is 32.2. The molecular formula is C22H24N2O4S2. The molecule has 1 aromatic heterocycles. The number of esters is 1. The molecule has 3 aromatic rings. The number of carbonyl (C=O) groups excluding carboxylic acids is 1. The van der Waals surface area contributed by atoms with Crippen LogP contribution in [0.3, 0.4) is 0 Å². The van der Waals surface area contributed by atoms with Crippen LogP contribution in [0.2, 0.25) is 0 Å². The van der Waals surface area contributed by atoms with E-state index in [0.717, 1.165) is 37.5 Å². The number of thioether (sulfide) groups is 1. The molecule has 0 saturated carbocycles. The summed E-state index contributed by atoms with van der Waals surface area (Å²) in [5.74, 6) is 1.81. The van der Waals surface area contributed by atoms with Gasteiger partial charge in [-0.05, 0) is 61.0 Å². The molecule has 30 heavy (non-hydrogen) atoms. The fourth-order valence-electron chi connectivity index (χ4n) is 2.65. The van der Waals surface area contributed by atoms with Crippen molar-refractivity contribution in [2.45, 2.75) is 17.3 Å². The molecule has 6 nitrogen and oxygen atoms in total. The van der Waals surface area contributed by atoms with Gasteiger partial charge in [0, 0.05) is 11.3 Å². The standard InChI is InChI=1S/C22H24N2O4S2/c1-14(23)21(25)28-12-13-29-22-24-19(15-4-8-17(26-2)9-5-15)20(30-22)16-6-10-18(27-3)11-7-16/h4-11,14H,12-13,23H2,1-3H3/t14-/m0/s1. The maximum atomic E-state index is 11.5. The highest BCUT2D eigenvalue weighted by Gasteiger charge is 2.16. The lowest BCUT2D eigenvalue weighted by Gasteiger charge is -2.05. The molecule has 1 heterocycles. The summed E-state index contributed by atoms with van der Waals surface area (Å²) in [6.45, 7) is 1.90. The Bertz CT molecular complexity index is 905. The molecular weight excluding hydrogens is 420 g/mol. The normalized spacial score (nSPS) is 11.7. The molecule has 0 amide bonds. The Morgan fingerprint density at radius 2 is 1.60 bits per heavy atom. The Hall–Kier alpha value is -2.55. The van der Waals surface area contributed by atoms with Gasteiger partial charge in [-0.2, -0.15) is 0 Å². The van der Waals surface area contributed by atoms with Crippen molar-refractivity contribution in [2.24, 2.45) is 5.73 Å². The minimum absolute atomic E-state index is 0.292. The van der Waals surface area contributed by atoms with Crippen LogP contribution in [-0.4, -0.2) is 43.6 Å². The van der Waals surface area contributed by atoms with Crippen LogP contribution in [0.5, 0.6) is 11.5 Å². The summed E-state index contributed by atoms with van der Waals surface area (Å²) >= 11 is 3.16. The van der Waals surface area contributed by atoms with Crippen molar-refractivity contribution in [3.05, 3.63) is 48.5 Å². The van der Waals surface area contributed by atoms with E-state index in [1.54, 1.807) is 44.2 Å². The predicted octanol–water partition coefficient (Wildman–Crippen LogP) is 4.48. The third-order valence-electron chi connectivity index (χ3n) is 4.25. The van der Waals surface area contributed by atoms with Crippen molar-refractivity contribution >= 4 is 29.1 Å². The number of carbonyl (C=O) groups is 1. The Morgan fingerprint density at radius 1 is 1.03 bits per heavy atom. The average molecular weight is 445 g/mol. The summed E-state index contributed by atoms with van der Waals surface area (Å²) in [6.07, 6.45) is 0. The van der Waals surface area contributed by atoms with Crippen LogP contribution in [0.1, 0.15) is 6.92 Å². The fraction of sp³-hybridized carbons (Fsp3) is 0.273. The zero-order chi connectivity index (χ0) is 21.5. The first-order chi connectivity index (χ1) is 14.5. The third-order valence-corrected chi connectivity index (χ3v) is 6.46. The Kier molecular flexibility index (Phi) is 7.73. The summed E-state index contributed by atoms with van der Waals surface area (Å²) in [6, 6.07) is 15.2. The summed E-state index contributed by atoms with van der Waals surface area (Å²) in [4.78, 5) is 17.4. The van der Waals surface area contributed by atoms with Gasteiger partial charge in [0.15, 0.2) is 4.34 Å². The first-order valence-electron chi connectivity index (χ1n) is 9.36. The second kappa shape index (κ2) is 10.5. The second-order valence-electron chi connectivity index (χ2n) is 6.42. The summed E-state index contributed by atoms with van der Waals surface area (Å²) < 4.78 is 16.6. The zero-order valence-corrected chi connectivity index (χ0v) is 18.7. The molecule has 0 bridgehead atoms. The summed E-state index contributed by atoms with van der Waals surface area (Å²) in [5, 5.41) is 0. The molecule has 0 fully saturated rings. The number of aromatic nitrogens is 1. The molecule has 0 aliphatic rings. The second-order valence-corrected chi connectivity index (χ2v) is 8.76. The number of rotatable bonds is 9. The van der Waals surface area contributed by atoms with Crippen LogP contribution < -0.4 is 15.2 Å². The number of thiazole rings is 1. The number of ether oxygens (including phenoxy) is 3. The molecule has 158 valence electrons. The molecule has 0 unspecified atom stereocenters. The van der Waals surface area contributed by atoms with Crippen LogP contribution in [0.4, 0.5) is 0 Å². The molecule has 0 spiro atoms. The van der Waals surface area contributed by atoms with Gasteiger partial charge in [-0.3, -0.25) is 4.79 Å². The van der Waals surface area contributed by atoms with Crippen molar-refractivity contribution in [1.29, 1.82) is 0 Å². The maximum Gasteiger partial charge on any atom is 0.322 e. The molecule has 2 N–H and O–H groups in total. The minimum atomic E-state index is -0.613. The molecule has 0 saturated heterocycles. The molecule has 0 aliphatic heterocycles. The van der Waals surface area contributed by atoms with Gasteiger partial charge in [0.2, 0.25) is 0 Å². The summed E-state index contributed by atoms with van der Waals surface area (Å²) in [7, 11) is 3.30. The quantitative estimate of drug-likeness (QED) is 0.296. The van der Waals surface area contributed by atoms with Crippen molar-refractivity contribution in [3.8, 4) is 33.2 Å². The Morgan fingerprint density at radius 3 is 2.13 bits per heavy atom. The van der Waals surface area contributed by atoms with Gasteiger partial charge in [-0.1, -0.05) is 11.8 Å². The van der Waals surface area contributed by atoms with E-state index >= 15 is 0 Å². The average Bonchev–Trinajstić information content (AvgIpc) is 3.20. The topological polar surface area (TPSA) is 83.7 Å². The molecule has 2 aromatic carbocycles. The molecule has 1 atom stereocenters. The third kappa shape index (κ3) is 5.53. The Labute approximate surface area is 184 Å². The highest BCUT2D eigenvalue weighted by Crippen LogP contribution is 2.41. The molecule has 0 radical (unpaired) electrons. The van der Waals surface area contributed by atoms with E-state index < -0.39 is 12.0 Å². The number of methoxy groups -OCH3 is 2. The van der Waals surface area contributed by atoms with Gasteiger partial charge < -0.3 is 19.9 Å². The smallest absolute Gasteiger partial charge is 0.322 e. The van der Waals surface area contributed by atoms with Gasteiger partial charge in [0.25, 0.3) is 0 Å². The first kappa shape index (κ1) is 22.1. The zero-order valence-electron chi connectivity index (χ0n) is 17.1. The Balaban J connectivity index is 1.83. The lowest BCUT2D eigenvalue weighted by atomic mass is 10.1. The van der Waals surface area contributed by atoms with Crippen molar-refractivity contribution in [2.75, 3.05) is 26.6 Å². The monoisotopic (exact) mass is 444 g/mol. The first-order valence-corrected chi connectivity index (χ1v) is 11.2. The van der Waals surface area contributed by atoms with E-state index in [4.69, 9.17) is 24.9 Å². The van der Waals surface area contributed by atoms with Crippen LogP contribution in [0.15, 0.2) is 52.9 Å². The van der Waals surface area contributed by atoms with Gasteiger partial charge >= 0.3 is 5.97 Å². The number of nitrogens with two attached hydrogens (primary N) is 1. The van der Waals surface area contributed by atoms with Crippen molar-refractivity contribution < 1.29 is 19.0 Å². The van der Waals surface area contributed by atoms with Crippen LogP contribution in [-0.2, 0) is 9.53 Å². The largest absolute Gasteiger partial charge is 0.497 e. The van der Waals surface area contributed by atoms with Crippen molar-refractivity contribution in [1.82, 2.24) is 4.98 Å². The lowest BCUT2D eigenvalue weighted by molar-refractivity contribution is -0.144. The number of benzene rings is 2. The van der Waals surface area contributed by atoms with E-state index in [1.165, 1.54) is 0 Å².